The molecular formula is C8H8N4O3S. The molecule has 7 nitrogen and oxygen atoms in total. The number of fused-ring (bicyclic) bond motifs is 1. The van der Waals surface area contributed by atoms with Crippen LogP contribution in [0.5, 0.6) is 0 Å². The number of hydrogen-bond donors (Lipinski definition) is 2. The first kappa shape index (κ1) is 10.8. The molecular weight excluding hydrogens is 232 g/mol. The minimum atomic E-state index is -1.11. The number of carboxylic acids is 1. The van der Waals surface area contributed by atoms with Crippen molar-refractivity contribution in [3.8, 4) is 0 Å². The lowest BCUT2D eigenvalue weighted by Gasteiger charge is -1.99. The van der Waals surface area contributed by atoms with Crippen molar-refractivity contribution in [1.82, 2.24) is 19.6 Å². The average molecular weight is 240 g/mol. The van der Waals surface area contributed by atoms with E-state index in [9.17, 15) is 4.79 Å². The van der Waals surface area contributed by atoms with Crippen molar-refractivity contribution in [2.45, 2.75) is 11.6 Å². The quantitative estimate of drug-likeness (QED) is 0.590. The van der Waals surface area contributed by atoms with Crippen LogP contribution in [0.1, 0.15) is 16.2 Å². The predicted octanol–water partition coefficient (Wildman–Crippen LogP) is 0.258. The Morgan fingerprint density at radius 3 is 3.06 bits per heavy atom. The Bertz CT molecular complexity index is 553. The zero-order valence-electron chi connectivity index (χ0n) is 8.28. The summed E-state index contributed by atoms with van der Waals surface area (Å²) < 4.78 is 6.13. The second-order valence-electron chi connectivity index (χ2n) is 2.97. The number of thiol groups is 1. The van der Waals surface area contributed by atoms with Gasteiger partial charge in [0, 0.05) is 13.3 Å². The number of ether oxygens (including phenoxy) is 1. The monoisotopic (exact) mass is 240 g/mol. The number of carboxylic acid groups (broad SMARTS) is 1. The molecule has 0 saturated carbocycles. The van der Waals surface area contributed by atoms with Crippen LogP contribution in [0.15, 0.2) is 11.2 Å². The van der Waals surface area contributed by atoms with E-state index in [0.29, 0.717) is 11.6 Å². The van der Waals surface area contributed by atoms with E-state index in [1.807, 2.05) is 0 Å². The van der Waals surface area contributed by atoms with E-state index in [-0.39, 0.29) is 17.2 Å². The maximum absolute atomic E-state index is 10.8. The van der Waals surface area contributed by atoms with Crippen molar-refractivity contribution in [2.24, 2.45) is 0 Å². The van der Waals surface area contributed by atoms with E-state index < -0.39 is 5.97 Å². The van der Waals surface area contributed by atoms with Crippen LogP contribution in [-0.2, 0) is 11.3 Å². The zero-order valence-corrected chi connectivity index (χ0v) is 9.18. The van der Waals surface area contributed by atoms with Gasteiger partial charge in [-0.15, -0.1) is 17.7 Å². The second-order valence-corrected chi connectivity index (χ2v) is 3.40. The number of hydrogen-bond acceptors (Lipinski definition) is 6. The normalized spacial score (nSPS) is 10.9. The number of nitrogens with zero attached hydrogens (tertiary/aromatic N) is 4. The van der Waals surface area contributed by atoms with Gasteiger partial charge in [-0.1, -0.05) is 0 Å². The van der Waals surface area contributed by atoms with Crippen LogP contribution in [0.4, 0.5) is 0 Å². The predicted molar refractivity (Wildman–Crippen MR) is 55.7 cm³/mol. The Hall–Kier alpha value is -1.67. The Labute approximate surface area is 95.5 Å². The van der Waals surface area contributed by atoms with Crippen LogP contribution in [0, 0.1) is 0 Å². The smallest absolute Gasteiger partial charge is 0.340 e. The molecule has 2 rings (SSSR count). The highest BCUT2D eigenvalue weighted by atomic mass is 32.1. The lowest BCUT2D eigenvalue weighted by Crippen LogP contribution is -2.05. The maximum Gasteiger partial charge on any atom is 0.340 e. The fourth-order valence-corrected chi connectivity index (χ4v) is 1.49. The molecule has 0 aliphatic rings. The third-order valence-electron chi connectivity index (χ3n) is 1.89. The second kappa shape index (κ2) is 4.06. The van der Waals surface area contributed by atoms with Crippen molar-refractivity contribution < 1.29 is 14.6 Å². The summed E-state index contributed by atoms with van der Waals surface area (Å²) in [4.78, 5) is 18.7. The molecule has 0 aliphatic heterocycles. The number of carbonyl (C=O) groups is 1. The molecule has 0 atom stereocenters. The lowest BCUT2D eigenvalue weighted by molar-refractivity contribution is 0.0691. The van der Waals surface area contributed by atoms with Gasteiger partial charge < -0.3 is 9.84 Å². The van der Waals surface area contributed by atoms with Crippen LogP contribution in [-0.4, -0.2) is 37.8 Å². The van der Waals surface area contributed by atoms with Crippen LogP contribution < -0.4 is 0 Å². The summed E-state index contributed by atoms with van der Waals surface area (Å²) >= 11 is 4.08. The third-order valence-corrected chi connectivity index (χ3v) is 2.32. The first-order chi connectivity index (χ1) is 7.63. The summed E-state index contributed by atoms with van der Waals surface area (Å²) in [5.74, 6) is -0.391. The zero-order chi connectivity index (χ0) is 11.7. The Morgan fingerprint density at radius 1 is 1.69 bits per heavy atom. The lowest BCUT2D eigenvalue weighted by atomic mass is 10.3. The van der Waals surface area contributed by atoms with E-state index in [2.05, 4.69) is 27.7 Å². The van der Waals surface area contributed by atoms with E-state index in [1.165, 1.54) is 17.8 Å². The van der Waals surface area contributed by atoms with Crippen molar-refractivity contribution in [2.75, 3.05) is 7.11 Å². The Kier molecular flexibility index (Phi) is 2.75. The van der Waals surface area contributed by atoms with Crippen molar-refractivity contribution in [3.63, 3.8) is 0 Å². The minimum absolute atomic E-state index is 0.0234. The molecule has 0 spiro atoms. The summed E-state index contributed by atoms with van der Waals surface area (Å²) in [5, 5.41) is 13.1. The minimum Gasteiger partial charge on any atom is -0.478 e. The van der Waals surface area contributed by atoms with Gasteiger partial charge >= 0.3 is 5.97 Å². The Morgan fingerprint density at radius 2 is 2.44 bits per heavy atom. The molecule has 0 saturated heterocycles. The molecule has 2 aromatic heterocycles. The molecule has 2 heterocycles. The SMILES string of the molecule is COCc1nc2ncc(C(=O)O)c(S)n2n1. The van der Waals surface area contributed by atoms with Gasteiger partial charge in [0.25, 0.3) is 5.78 Å². The first-order valence-electron chi connectivity index (χ1n) is 4.29. The molecule has 0 radical (unpaired) electrons. The van der Waals surface area contributed by atoms with E-state index in [1.54, 1.807) is 0 Å². The van der Waals surface area contributed by atoms with E-state index >= 15 is 0 Å². The fourth-order valence-electron chi connectivity index (χ4n) is 1.21. The van der Waals surface area contributed by atoms with Crippen molar-refractivity contribution in [3.05, 3.63) is 17.6 Å². The number of aromatic nitrogens is 4. The average Bonchev–Trinajstić information content (AvgIpc) is 2.62. The number of aromatic carboxylic acids is 1. The molecule has 0 aromatic carbocycles. The van der Waals surface area contributed by atoms with Crippen molar-refractivity contribution >= 4 is 24.4 Å². The van der Waals surface area contributed by atoms with Gasteiger partial charge in [-0.05, 0) is 0 Å². The van der Waals surface area contributed by atoms with Crippen LogP contribution >= 0.6 is 12.6 Å². The molecule has 16 heavy (non-hydrogen) atoms. The fraction of sp³-hybridized carbons (Fsp3) is 0.250. The Balaban J connectivity index is 2.60. The highest BCUT2D eigenvalue weighted by Gasteiger charge is 2.14. The highest BCUT2D eigenvalue weighted by molar-refractivity contribution is 7.80. The van der Waals surface area contributed by atoms with Gasteiger partial charge in [0.1, 0.15) is 17.2 Å². The highest BCUT2D eigenvalue weighted by Crippen LogP contribution is 2.13. The number of methoxy groups -OCH3 is 1. The van der Waals surface area contributed by atoms with Crippen molar-refractivity contribution in [1.29, 1.82) is 0 Å². The summed E-state index contributed by atoms with van der Waals surface area (Å²) in [5.41, 5.74) is -0.0234. The first-order valence-corrected chi connectivity index (χ1v) is 4.74. The maximum atomic E-state index is 10.8. The molecule has 0 amide bonds. The van der Waals surface area contributed by atoms with E-state index in [4.69, 9.17) is 9.84 Å². The van der Waals surface area contributed by atoms with Crippen LogP contribution in [0.2, 0.25) is 0 Å². The summed E-state index contributed by atoms with van der Waals surface area (Å²) in [7, 11) is 1.52. The molecule has 84 valence electrons. The largest absolute Gasteiger partial charge is 0.478 e. The van der Waals surface area contributed by atoms with Gasteiger partial charge in [0.05, 0.1) is 0 Å². The molecule has 0 unspecified atom stereocenters. The summed E-state index contributed by atoms with van der Waals surface area (Å²) in [6.07, 6.45) is 1.20. The number of rotatable bonds is 3. The topological polar surface area (TPSA) is 89.6 Å². The van der Waals surface area contributed by atoms with Gasteiger partial charge in [-0.2, -0.15) is 9.50 Å². The van der Waals surface area contributed by atoms with Gasteiger partial charge in [-0.25, -0.2) is 9.78 Å². The molecule has 0 bridgehead atoms. The van der Waals surface area contributed by atoms with E-state index in [0.717, 1.165) is 0 Å². The summed E-state index contributed by atoms with van der Waals surface area (Å²) in [6, 6.07) is 0. The summed E-state index contributed by atoms with van der Waals surface area (Å²) in [6.45, 7) is 0.235. The molecule has 0 fully saturated rings. The van der Waals surface area contributed by atoms with Gasteiger partial charge in [0.15, 0.2) is 5.82 Å². The van der Waals surface area contributed by atoms with Gasteiger partial charge in [-0.3, -0.25) is 0 Å². The van der Waals surface area contributed by atoms with Gasteiger partial charge in [0.2, 0.25) is 0 Å². The van der Waals surface area contributed by atoms with Crippen LogP contribution in [0.3, 0.4) is 0 Å². The molecule has 2 aromatic rings. The molecule has 8 heteroatoms. The molecule has 1 N–H and O–H groups in total. The standard InChI is InChI=1S/C8H8N4O3S/c1-15-3-5-10-8-9-2-4(7(13)14)6(16)12(8)11-5/h2,16H,3H2,1H3,(H,13,14). The van der Waals surface area contributed by atoms with Crippen LogP contribution in [0.25, 0.3) is 5.78 Å². The third kappa shape index (κ3) is 1.72. The molecule has 0 aliphatic carbocycles.